The van der Waals surface area contributed by atoms with Gasteiger partial charge in [0.25, 0.3) is 0 Å². The van der Waals surface area contributed by atoms with E-state index in [4.69, 9.17) is 44.3 Å². The monoisotopic (exact) mass is 504 g/mol. The number of hydrogen-bond acceptors (Lipinski definition) is 1. The predicted molar refractivity (Wildman–Crippen MR) is 179 cm³/mol. The summed E-state index contributed by atoms with van der Waals surface area (Å²) in [6.45, 7) is 0.0376. The number of hydrogen-bond donors (Lipinski definition) is 0. The van der Waals surface area contributed by atoms with E-state index >= 15 is 0 Å². The first-order valence-electron chi connectivity index (χ1n) is 13.6. The molecule has 0 saturated carbocycles. The highest BCUT2D eigenvalue weighted by atomic mass is 15.3. The fourth-order valence-corrected chi connectivity index (χ4v) is 7.29. The molecule has 10 radical (unpaired) electrons. The number of aromatic nitrogens is 2. The van der Waals surface area contributed by atoms with Crippen LogP contribution in [0.15, 0.2) is 84.9 Å². The van der Waals surface area contributed by atoms with Gasteiger partial charge in [-0.25, -0.2) is 4.68 Å². The van der Waals surface area contributed by atoms with E-state index in [1.165, 1.54) is 49.1 Å². The molecule has 0 aliphatic carbocycles. The van der Waals surface area contributed by atoms with Crippen molar-refractivity contribution in [2.75, 3.05) is 0 Å². The molecule has 0 fully saturated rings. The molecule has 2 aliphatic rings. The first kappa shape index (κ1) is 23.4. The molecule has 2 aliphatic heterocycles. The van der Waals surface area contributed by atoms with Gasteiger partial charge in [-0.1, -0.05) is 89.2 Å². The highest BCUT2D eigenvalue weighted by Gasteiger charge is 2.39. The maximum atomic E-state index is 6.53. The molecule has 174 valence electrons. The Labute approximate surface area is 244 Å². The van der Waals surface area contributed by atoms with Crippen molar-refractivity contribution in [3.63, 3.8) is 0 Å². The Kier molecular flexibility index (Phi) is 4.52. The van der Waals surface area contributed by atoms with E-state index in [1.54, 1.807) is 0 Å². The third-order valence-corrected chi connectivity index (χ3v) is 9.10. The van der Waals surface area contributed by atoms with E-state index in [2.05, 4.69) is 84.9 Å². The molecule has 0 atom stereocenters. The molecule has 9 rings (SSSR count). The van der Waals surface area contributed by atoms with Gasteiger partial charge in [0.05, 0.1) is 16.9 Å². The molecule has 0 N–H and O–H groups in total. The van der Waals surface area contributed by atoms with Crippen molar-refractivity contribution in [3.8, 4) is 28.1 Å². The number of rotatable bonds is 1. The van der Waals surface area contributed by atoms with Crippen LogP contribution >= 0.6 is 0 Å². The standard InChI is InChI=1S/C33H14B6N2/c34-26-25(27(35)29(37)30(38)28(26)36)32-19-10-4-12-22-33(19)41(40-32)23-13-5-9-18-20-14-15-6-1-2-7-16(15)17-8-3-11-21(24(17)20)39(22)31(18)23/h1-14H. The maximum absolute atomic E-state index is 6.53. The lowest BCUT2D eigenvalue weighted by atomic mass is 9.32. The zero-order valence-electron chi connectivity index (χ0n) is 21.9. The molecule has 7 aromatic rings. The Morgan fingerprint density at radius 1 is 0.585 bits per heavy atom. The van der Waals surface area contributed by atoms with Crippen LogP contribution in [0, 0.1) is 0 Å². The number of para-hydroxylation sites is 1. The van der Waals surface area contributed by atoms with Crippen LogP contribution in [-0.4, -0.2) is 55.7 Å². The molecule has 0 unspecified atom stereocenters. The third-order valence-electron chi connectivity index (χ3n) is 9.10. The van der Waals surface area contributed by atoms with Crippen LogP contribution in [0.3, 0.4) is 0 Å². The largest absolute Gasteiger partial charge is 0.248 e. The maximum Gasteiger partial charge on any atom is 0.248 e. The lowest BCUT2D eigenvalue weighted by molar-refractivity contribution is 0.920. The van der Waals surface area contributed by atoms with Crippen LogP contribution in [0.2, 0.25) is 0 Å². The molecular formula is C33H14B6N2. The Hall–Kier alpha value is -4.30. The predicted octanol–water partition coefficient (Wildman–Crippen LogP) is -0.222. The summed E-state index contributed by atoms with van der Waals surface area (Å²) in [6, 6.07) is 30.5. The topological polar surface area (TPSA) is 17.8 Å². The highest BCUT2D eigenvalue weighted by Crippen LogP contribution is 2.39. The van der Waals surface area contributed by atoms with Gasteiger partial charge in [0.15, 0.2) is 0 Å². The van der Waals surface area contributed by atoms with Crippen molar-refractivity contribution in [1.82, 2.24) is 9.78 Å². The molecule has 0 amide bonds. The summed E-state index contributed by atoms with van der Waals surface area (Å²) in [4.78, 5) is 0. The van der Waals surface area contributed by atoms with Crippen LogP contribution in [0.5, 0.6) is 0 Å². The Morgan fingerprint density at radius 3 is 2.05 bits per heavy atom. The summed E-state index contributed by atoms with van der Waals surface area (Å²) in [6.07, 6.45) is 0. The van der Waals surface area contributed by atoms with E-state index < -0.39 is 0 Å². The lowest BCUT2D eigenvalue weighted by Gasteiger charge is -2.33. The van der Waals surface area contributed by atoms with Gasteiger partial charge in [0.1, 0.15) is 39.2 Å². The van der Waals surface area contributed by atoms with Gasteiger partial charge in [-0.15, -0.1) is 16.4 Å². The Bertz CT molecular complexity index is 2310. The van der Waals surface area contributed by atoms with Crippen molar-refractivity contribution < 1.29 is 0 Å². The molecule has 0 bridgehead atoms. The normalized spacial score (nSPS) is 12.8. The zero-order valence-corrected chi connectivity index (χ0v) is 21.9. The molecule has 0 spiro atoms. The second kappa shape index (κ2) is 7.91. The SMILES string of the molecule is [B]c1c([B])c([B])c(-c2nn3c4c(cccc24)B2c4c(cccc4-3)-c3cc4ccccc4c4cccc2c34)c([B])c1[B]. The molecular weight excluding hydrogens is 489 g/mol. The molecule has 6 aromatic carbocycles. The van der Waals surface area contributed by atoms with E-state index in [9.17, 15) is 0 Å². The van der Waals surface area contributed by atoms with Gasteiger partial charge in [-0.05, 0) is 61.3 Å². The van der Waals surface area contributed by atoms with Crippen LogP contribution < -0.4 is 43.7 Å². The fraction of sp³-hybridized carbons (Fsp3) is 0. The highest BCUT2D eigenvalue weighted by molar-refractivity contribution is 7.01. The minimum Gasteiger partial charge on any atom is -0.233 e. The van der Waals surface area contributed by atoms with Gasteiger partial charge in [-0.3, -0.25) is 0 Å². The van der Waals surface area contributed by atoms with Crippen molar-refractivity contribution in [2.24, 2.45) is 0 Å². The summed E-state index contributed by atoms with van der Waals surface area (Å²) < 4.78 is 2.03. The first-order chi connectivity index (χ1) is 20.0. The van der Waals surface area contributed by atoms with Crippen molar-refractivity contribution >= 4 is 122 Å². The minimum absolute atomic E-state index is 0.0376. The van der Waals surface area contributed by atoms with E-state index in [-0.39, 0.29) is 34.0 Å². The van der Waals surface area contributed by atoms with Gasteiger partial charge >= 0.3 is 0 Å². The molecule has 3 heterocycles. The fourth-order valence-electron chi connectivity index (χ4n) is 7.29. The summed E-state index contributed by atoms with van der Waals surface area (Å²) in [7, 11) is 31.7. The Morgan fingerprint density at radius 2 is 1.24 bits per heavy atom. The quantitative estimate of drug-likeness (QED) is 0.224. The molecule has 1 aromatic heterocycles. The van der Waals surface area contributed by atoms with Crippen LogP contribution in [0.25, 0.3) is 60.5 Å². The van der Waals surface area contributed by atoms with Crippen LogP contribution in [-0.2, 0) is 0 Å². The lowest BCUT2D eigenvalue weighted by Crippen LogP contribution is -2.58. The van der Waals surface area contributed by atoms with E-state index in [0.717, 1.165) is 16.6 Å². The average Bonchev–Trinajstić information content (AvgIpc) is 3.39. The van der Waals surface area contributed by atoms with Crippen LogP contribution in [0.1, 0.15) is 0 Å². The zero-order chi connectivity index (χ0) is 27.7. The van der Waals surface area contributed by atoms with Crippen molar-refractivity contribution in [3.05, 3.63) is 84.9 Å². The van der Waals surface area contributed by atoms with E-state index in [0.29, 0.717) is 11.3 Å². The second-order valence-electron chi connectivity index (χ2n) is 11.0. The van der Waals surface area contributed by atoms with Crippen molar-refractivity contribution in [2.45, 2.75) is 0 Å². The average molecular weight is 503 g/mol. The van der Waals surface area contributed by atoms with Gasteiger partial charge in [0.2, 0.25) is 6.71 Å². The van der Waals surface area contributed by atoms with E-state index in [1.807, 2.05) is 4.68 Å². The molecule has 2 nitrogen and oxygen atoms in total. The smallest absolute Gasteiger partial charge is 0.233 e. The van der Waals surface area contributed by atoms with Gasteiger partial charge in [0, 0.05) is 5.39 Å². The summed E-state index contributed by atoms with van der Waals surface area (Å²) in [5.41, 5.74) is 10.6. The van der Waals surface area contributed by atoms with Crippen molar-refractivity contribution in [1.29, 1.82) is 0 Å². The molecule has 41 heavy (non-hydrogen) atoms. The number of nitrogens with zero attached hydrogens (tertiary/aromatic N) is 2. The Balaban J connectivity index is 1.44. The first-order valence-corrected chi connectivity index (χ1v) is 13.6. The number of benzene rings is 6. The molecule has 0 saturated heterocycles. The minimum atomic E-state index is 0.0376. The second-order valence-corrected chi connectivity index (χ2v) is 11.0. The molecule has 8 heteroatoms. The van der Waals surface area contributed by atoms with Gasteiger partial charge < -0.3 is 0 Å². The third kappa shape index (κ3) is 2.78. The summed E-state index contributed by atoms with van der Waals surface area (Å²) in [5, 5.41) is 11.2. The van der Waals surface area contributed by atoms with Crippen LogP contribution in [0.4, 0.5) is 0 Å². The summed E-state index contributed by atoms with van der Waals surface area (Å²) >= 11 is 0. The number of fused-ring (bicyclic) bond motifs is 6. The van der Waals surface area contributed by atoms with Gasteiger partial charge in [-0.2, -0.15) is 5.10 Å². The summed E-state index contributed by atoms with van der Waals surface area (Å²) in [5.74, 6) is 0.